The van der Waals surface area contributed by atoms with Crippen molar-refractivity contribution in [2.45, 2.75) is 25.8 Å². The summed E-state index contributed by atoms with van der Waals surface area (Å²) in [5.74, 6) is 0.324. The van der Waals surface area contributed by atoms with E-state index in [0.717, 1.165) is 11.1 Å². The Kier molecular flexibility index (Phi) is 9.37. The van der Waals surface area contributed by atoms with Crippen LogP contribution in [0, 0.1) is 5.82 Å². The first kappa shape index (κ1) is 23.9. The number of nitrogens with one attached hydrogen (secondary N) is 3. The molecule has 0 radical (unpaired) electrons. The lowest BCUT2D eigenvalue weighted by Crippen LogP contribution is -2.43. The van der Waals surface area contributed by atoms with Crippen LogP contribution < -0.4 is 16.0 Å². The number of benzene rings is 2. The van der Waals surface area contributed by atoms with Crippen molar-refractivity contribution in [3.63, 3.8) is 0 Å². The number of aliphatic imine (C=N–C) groups is 1. The minimum absolute atomic E-state index is 0. The summed E-state index contributed by atoms with van der Waals surface area (Å²) in [7, 11) is 3.32. The Morgan fingerprint density at radius 3 is 2.36 bits per heavy atom. The quantitative estimate of drug-likeness (QED) is 0.325. The second kappa shape index (κ2) is 11.0. The molecule has 2 rings (SSSR count). The molecule has 0 heterocycles. The van der Waals surface area contributed by atoms with E-state index in [1.807, 2.05) is 18.2 Å². The van der Waals surface area contributed by atoms with Crippen molar-refractivity contribution < 1.29 is 9.18 Å². The van der Waals surface area contributed by atoms with Gasteiger partial charge in [-0.15, -0.1) is 24.0 Å². The van der Waals surface area contributed by atoms with Gasteiger partial charge in [0, 0.05) is 38.2 Å². The maximum Gasteiger partial charge on any atom is 0.251 e. The average molecular weight is 498 g/mol. The lowest BCUT2D eigenvalue weighted by molar-refractivity contribution is 0.0963. The van der Waals surface area contributed by atoms with E-state index >= 15 is 0 Å². The largest absolute Gasteiger partial charge is 0.356 e. The normalized spacial score (nSPS) is 11.4. The highest BCUT2D eigenvalue weighted by Crippen LogP contribution is 2.22. The van der Waals surface area contributed by atoms with Gasteiger partial charge >= 0.3 is 0 Å². The summed E-state index contributed by atoms with van der Waals surface area (Å²) in [6, 6.07) is 14.0. The van der Waals surface area contributed by atoms with Gasteiger partial charge in [0.25, 0.3) is 5.91 Å². The summed E-state index contributed by atoms with van der Waals surface area (Å²) in [4.78, 5) is 15.8. The van der Waals surface area contributed by atoms with Gasteiger partial charge in [-0.3, -0.25) is 9.79 Å². The van der Waals surface area contributed by atoms with Gasteiger partial charge in [-0.1, -0.05) is 38.1 Å². The molecule has 28 heavy (non-hydrogen) atoms. The number of hydrogen-bond donors (Lipinski definition) is 3. The molecule has 2 aromatic rings. The highest BCUT2D eigenvalue weighted by atomic mass is 127. The van der Waals surface area contributed by atoms with Crippen molar-refractivity contribution in [3.8, 4) is 0 Å². The molecule has 0 saturated heterocycles. The van der Waals surface area contributed by atoms with Crippen LogP contribution in [0.5, 0.6) is 0 Å². The standard InChI is InChI=1S/C21H27FN4O.HI/c1-21(2,17-6-5-7-18(22)12-17)14-26-20(24-4)25-13-15-8-10-16(11-9-15)19(27)23-3;/h5-12H,13-14H2,1-4H3,(H,23,27)(H2,24,25,26);1H. The van der Waals surface area contributed by atoms with E-state index in [9.17, 15) is 9.18 Å². The maximum atomic E-state index is 13.5. The Bertz CT molecular complexity index is 806. The van der Waals surface area contributed by atoms with E-state index < -0.39 is 0 Å². The Hall–Kier alpha value is -2.16. The third-order valence-electron chi connectivity index (χ3n) is 4.43. The number of rotatable bonds is 6. The number of halogens is 2. The second-order valence-corrected chi connectivity index (χ2v) is 6.95. The number of amides is 1. The molecular formula is C21H28FIN4O. The SMILES string of the molecule is CN=C(NCc1ccc(C(=O)NC)cc1)NCC(C)(C)c1cccc(F)c1.I. The lowest BCUT2D eigenvalue weighted by atomic mass is 9.84. The first-order valence-corrected chi connectivity index (χ1v) is 8.87. The molecule has 0 fully saturated rings. The minimum Gasteiger partial charge on any atom is -0.356 e. The average Bonchev–Trinajstić information content (AvgIpc) is 2.68. The van der Waals surface area contributed by atoms with Gasteiger partial charge in [0.05, 0.1) is 0 Å². The van der Waals surface area contributed by atoms with Crippen LogP contribution in [0.25, 0.3) is 0 Å². The number of nitrogens with zero attached hydrogens (tertiary/aromatic N) is 1. The van der Waals surface area contributed by atoms with E-state index in [0.29, 0.717) is 24.6 Å². The monoisotopic (exact) mass is 498 g/mol. The van der Waals surface area contributed by atoms with Gasteiger partial charge in [0.1, 0.15) is 5.82 Å². The maximum absolute atomic E-state index is 13.5. The molecule has 152 valence electrons. The molecule has 0 atom stereocenters. The van der Waals surface area contributed by atoms with Crippen molar-refractivity contribution >= 4 is 35.8 Å². The van der Waals surface area contributed by atoms with Gasteiger partial charge in [-0.2, -0.15) is 0 Å². The zero-order valence-corrected chi connectivity index (χ0v) is 19.0. The Morgan fingerprint density at radius 2 is 1.79 bits per heavy atom. The van der Waals surface area contributed by atoms with E-state index in [4.69, 9.17) is 0 Å². The van der Waals surface area contributed by atoms with Gasteiger partial charge in [-0.05, 0) is 35.4 Å². The number of carbonyl (C=O) groups excluding carboxylic acids is 1. The molecule has 0 spiro atoms. The van der Waals surface area contributed by atoms with Crippen molar-refractivity contribution in [3.05, 3.63) is 71.0 Å². The topological polar surface area (TPSA) is 65.5 Å². The highest BCUT2D eigenvalue weighted by molar-refractivity contribution is 14.0. The summed E-state index contributed by atoms with van der Waals surface area (Å²) in [5, 5.41) is 9.14. The van der Waals surface area contributed by atoms with Gasteiger partial charge in [-0.25, -0.2) is 4.39 Å². The summed E-state index contributed by atoms with van der Waals surface area (Å²) in [6.45, 7) is 5.29. The summed E-state index contributed by atoms with van der Waals surface area (Å²) >= 11 is 0. The zero-order chi connectivity index (χ0) is 19.9. The second-order valence-electron chi connectivity index (χ2n) is 6.95. The molecule has 1 amide bonds. The van der Waals surface area contributed by atoms with Crippen LogP contribution in [0.3, 0.4) is 0 Å². The number of hydrogen-bond acceptors (Lipinski definition) is 2. The molecule has 0 aliphatic heterocycles. The van der Waals surface area contributed by atoms with Crippen LogP contribution in [-0.2, 0) is 12.0 Å². The van der Waals surface area contributed by atoms with Gasteiger partial charge in [0.2, 0.25) is 0 Å². The molecule has 0 unspecified atom stereocenters. The number of carbonyl (C=O) groups is 1. The van der Waals surface area contributed by atoms with Crippen LogP contribution in [0.15, 0.2) is 53.5 Å². The fourth-order valence-electron chi connectivity index (χ4n) is 2.64. The van der Waals surface area contributed by atoms with E-state index in [-0.39, 0.29) is 41.1 Å². The highest BCUT2D eigenvalue weighted by Gasteiger charge is 2.21. The van der Waals surface area contributed by atoms with Crippen molar-refractivity contribution in [1.82, 2.24) is 16.0 Å². The fraction of sp³-hybridized carbons (Fsp3) is 0.333. The van der Waals surface area contributed by atoms with Crippen LogP contribution in [0.2, 0.25) is 0 Å². The van der Waals surface area contributed by atoms with E-state index in [1.54, 1.807) is 38.4 Å². The van der Waals surface area contributed by atoms with Crippen molar-refractivity contribution in [1.29, 1.82) is 0 Å². The van der Waals surface area contributed by atoms with Crippen molar-refractivity contribution in [2.75, 3.05) is 20.6 Å². The van der Waals surface area contributed by atoms with Crippen molar-refractivity contribution in [2.24, 2.45) is 4.99 Å². The zero-order valence-electron chi connectivity index (χ0n) is 16.7. The first-order chi connectivity index (χ1) is 12.9. The Balaban J connectivity index is 0.00000392. The Morgan fingerprint density at radius 1 is 1.11 bits per heavy atom. The van der Waals surface area contributed by atoms with Crippen LogP contribution >= 0.6 is 24.0 Å². The fourth-order valence-corrected chi connectivity index (χ4v) is 2.64. The van der Waals surface area contributed by atoms with Gasteiger partial charge in [0.15, 0.2) is 5.96 Å². The van der Waals surface area contributed by atoms with Gasteiger partial charge < -0.3 is 16.0 Å². The molecule has 0 aliphatic rings. The molecule has 0 saturated carbocycles. The van der Waals surface area contributed by atoms with E-state index in [1.165, 1.54) is 6.07 Å². The van der Waals surface area contributed by atoms with Crippen LogP contribution in [0.4, 0.5) is 4.39 Å². The molecule has 5 nitrogen and oxygen atoms in total. The predicted octanol–water partition coefficient (Wildman–Crippen LogP) is 3.45. The minimum atomic E-state index is -0.255. The Labute approximate surface area is 183 Å². The van der Waals surface area contributed by atoms with E-state index in [2.05, 4.69) is 34.8 Å². The molecule has 0 bridgehead atoms. The molecular weight excluding hydrogens is 470 g/mol. The van der Waals surface area contributed by atoms with Crippen LogP contribution in [0.1, 0.15) is 35.3 Å². The summed E-state index contributed by atoms with van der Waals surface area (Å²) in [5.41, 5.74) is 2.33. The number of guanidine groups is 1. The van der Waals surface area contributed by atoms with Crippen LogP contribution in [-0.4, -0.2) is 32.5 Å². The summed E-state index contributed by atoms with van der Waals surface area (Å²) < 4.78 is 13.5. The molecule has 2 aromatic carbocycles. The summed E-state index contributed by atoms with van der Waals surface area (Å²) in [6.07, 6.45) is 0. The first-order valence-electron chi connectivity index (χ1n) is 8.87. The lowest BCUT2D eigenvalue weighted by Gasteiger charge is -2.27. The molecule has 0 aromatic heterocycles. The molecule has 7 heteroatoms. The molecule has 3 N–H and O–H groups in total. The third kappa shape index (κ3) is 6.78. The third-order valence-corrected chi connectivity index (χ3v) is 4.43. The molecule has 0 aliphatic carbocycles. The smallest absolute Gasteiger partial charge is 0.251 e. The predicted molar refractivity (Wildman–Crippen MR) is 123 cm³/mol.